The zero-order valence-electron chi connectivity index (χ0n) is 14.6. The molecule has 3 rings (SSSR count). The van der Waals surface area contributed by atoms with Gasteiger partial charge in [-0.3, -0.25) is 9.59 Å². The second-order valence-corrected chi connectivity index (χ2v) is 6.25. The van der Waals surface area contributed by atoms with Crippen LogP contribution in [0.2, 0.25) is 0 Å². The quantitative estimate of drug-likeness (QED) is 0.821. The molecule has 0 radical (unpaired) electrons. The molecule has 0 saturated carbocycles. The molecule has 0 bridgehead atoms. The number of aromatic nitrogens is 4. The summed E-state index contributed by atoms with van der Waals surface area (Å²) >= 11 is 0. The van der Waals surface area contributed by atoms with Gasteiger partial charge in [0.15, 0.2) is 0 Å². The topological polar surface area (TPSA) is 90.2 Å². The minimum Gasteiger partial charge on any atom is -0.458 e. The summed E-state index contributed by atoms with van der Waals surface area (Å²) in [6.07, 6.45) is 1.50. The van der Waals surface area contributed by atoms with Gasteiger partial charge < -0.3 is 9.64 Å². The molecule has 1 aliphatic rings. The molecule has 1 atom stereocenters. The fourth-order valence-corrected chi connectivity index (χ4v) is 2.89. The van der Waals surface area contributed by atoms with Crippen molar-refractivity contribution in [3.05, 3.63) is 45.6 Å². The highest BCUT2D eigenvalue weighted by molar-refractivity contribution is 5.92. The van der Waals surface area contributed by atoms with Crippen molar-refractivity contribution in [2.24, 2.45) is 7.05 Å². The Labute approximate surface area is 145 Å². The maximum absolute atomic E-state index is 12.6. The summed E-state index contributed by atoms with van der Waals surface area (Å²) in [4.78, 5) is 34.3. The van der Waals surface area contributed by atoms with Crippen LogP contribution in [-0.2, 0) is 7.05 Å². The number of carbonyl (C=O) groups is 1. The number of aryl methyl sites for hydroxylation is 3. The molecule has 0 aliphatic carbocycles. The first-order chi connectivity index (χ1) is 11.9. The molecule has 1 aliphatic heterocycles. The summed E-state index contributed by atoms with van der Waals surface area (Å²) in [6.45, 7) is 4.86. The molecular weight excluding hydrogens is 322 g/mol. The minimum absolute atomic E-state index is 0.161. The second-order valence-electron chi connectivity index (χ2n) is 6.25. The number of piperidine rings is 1. The molecule has 3 heterocycles. The molecule has 1 fully saturated rings. The highest BCUT2D eigenvalue weighted by Gasteiger charge is 2.27. The molecule has 8 heteroatoms. The Morgan fingerprint density at radius 2 is 1.96 bits per heavy atom. The van der Waals surface area contributed by atoms with Gasteiger partial charge in [-0.25, -0.2) is 14.6 Å². The van der Waals surface area contributed by atoms with Gasteiger partial charge in [-0.1, -0.05) is 0 Å². The van der Waals surface area contributed by atoms with Crippen LogP contribution in [0.4, 0.5) is 0 Å². The molecule has 8 nitrogen and oxygen atoms in total. The third kappa shape index (κ3) is 4.01. The molecule has 0 N–H and O–H groups in total. The minimum atomic E-state index is -0.247. The SMILES string of the molecule is Cc1cc(C)nc(OC2CCCN(C(=O)c3ccc(=O)n(C)n3)C2)n1. The number of hydrogen-bond donors (Lipinski definition) is 0. The van der Waals surface area contributed by atoms with Gasteiger partial charge >= 0.3 is 6.01 Å². The number of rotatable bonds is 3. The predicted molar refractivity (Wildman–Crippen MR) is 90.5 cm³/mol. The largest absolute Gasteiger partial charge is 0.458 e. The highest BCUT2D eigenvalue weighted by atomic mass is 16.5. The van der Waals surface area contributed by atoms with Crippen LogP contribution in [0.5, 0.6) is 6.01 Å². The van der Waals surface area contributed by atoms with Crippen molar-refractivity contribution >= 4 is 5.91 Å². The first-order valence-electron chi connectivity index (χ1n) is 8.25. The highest BCUT2D eigenvalue weighted by Crippen LogP contribution is 2.17. The monoisotopic (exact) mass is 343 g/mol. The Kier molecular flexibility index (Phi) is 4.78. The van der Waals surface area contributed by atoms with Crippen LogP contribution in [0.1, 0.15) is 34.7 Å². The van der Waals surface area contributed by atoms with Crippen LogP contribution >= 0.6 is 0 Å². The van der Waals surface area contributed by atoms with E-state index in [2.05, 4.69) is 15.1 Å². The summed E-state index contributed by atoms with van der Waals surface area (Å²) in [5, 5.41) is 4.03. The van der Waals surface area contributed by atoms with Gasteiger partial charge in [0.05, 0.1) is 6.54 Å². The van der Waals surface area contributed by atoms with Crippen molar-refractivity contribution in [3.63, 3.8) is 0 Å². The van der Waals surface area contributed by atoms with E-state index in [9.17, 15) is 9.59 Å². The Balaban J connectivity index is 1.70. The van der Waals surface area contributed by atoms with Gasteiger partial charge in [-0.15, -0.1) is 0 Å². The van der Waals surface area contributed by atoms with Crippen LogP contribution < -0.4 is 10.3 Å². The van der Waals surface area contributed by atoms with Gasteiger partial charge in [0.25, 0.3) is 11.5 Å². The van der Waals surface area contributed by atoms with E-state index in [1.807, 2.05) is 19.9 Å². The predicted octanol–water partition coefficient (Wildman–Crippen LogP) is 0.871. The van der Waals surface area contributed by atoms with Crippen molar-refractivity contribution in [3.8, 4) is 6.01 Å². The Morgan fingerprint density at radius 1 is 1.24 bits per heavy atom. The molecule has 1 saturated heterocycles. The Bertz CT molecular complexity index is 828. The van der Waals surface area contributed by atoms with E-state index < -0.39 is 0 Å². The van der Waals surface area contributed by atoms with Crippen LogP contribution in [0.15, 0.2) is 23.0 Å². The zero-order chi connectivity index (χ0) is 18.0. The van der Waals surface area contributed by atoms with E-state index in [0.29, 0.717) is 19.1 Å². The molecule has 132 valence electrons. The Morgan fingerprint density at radius 3 is 2.64 bits per heavy atom. The van der Waals surface area contributed by atoms with Gasteiger partial charge in [0, 0.05) is 31.0 Å². The summed E-state index contributed by atoms with van der Waals surface area (Å²) in [5.74, 6) is -0.203. The number of amides is 1. The van der Waals surface area contributed by atoms with Crippen molar-refractivity contribution < 1.29 is 9.53 Å². The maximum atomic E-state index is 12.6. The van der Waals surface area contributed by atoms with Gasteiger partial charge in [0.1, 0.15) is 11.8 Å². The smallest absolute Gasteiger partial charge is 0.317 e. The fraction of sp³-hybridized carbons (Fsp3) is 0.471. The Hall–Kier alpha value is -2.77. The number of nitrogens with zero attached hydrogens (tertiary/aromatic N) is 5. The fourth-order valence-electron chi connectivity index (χ4n) is 2.89. The van der Waals surface area contributed by atoms with Gasteiger partial charge in [-0.2, -0.15) is 5.10 Å². The lowest BCUT2D eigenvalue weighted by molar-refractivity contribution is 0.0507. The van der Waals surface area contributed by atoms with E-state index in [4.69, 9.17) is 4.74 Å². The third-order valence-electron chi connectivity index (χ3n) is 4.08. The zero-order valence-corrected chi connectivity index (χ0v) is 14.6. The van der Waals surface area contributed by atoms with Crippen LogP contribution in [0, 0.1) is 13.8 Å². The average Bonchev–Trinajstić information content (AvgIpc) is 2.56. The first-order valence-corrected chi connectivity index (χ1v) is 8.25. The van der Waals surface area contributed by atoms with Crippen LogP contribution in [0.3, 0.4) is 0 Å². The summed E-state index contributed by atoms with van der Waals surface area (Å²) in [5.41, 5.74) is 1.70. The number of ether oxygens (including phenoxy) is 1. The van der Waals surface area contributed by atoms with Crippen molar-refractivity contribution in [2.45, 2.75) is 32.8 Å². The molecule has 2 aromatic rings. The van der Waals surface area contributed by atoms with E-state index in [-0.39, 0.29) is 23.3 Å². The van der Waals surface area contributed by atoms with E-state index in [1.54, 1.807) is 4.90 Å². The van der Waals surface area contributed by atoms with Crippen LogP contribution in [0.25, 0.3) is 0 Å². The average molecular weight is 343 g/mol. The second kappa shape index (κ2) is 7.00. The molecular formula is C17H21N5O3. The van der Waals surface area contributed by atoms with E-state index >= 15 is 0 Å². The third-order valence-corrected chi connectivity index (χ3v) is 4.08. The van der Waals surface area contributed by atoms with Crippen molar-refractivity contribution in [2.75, 3.05) is 13.1 Å². The van der Waals surface area contributed by atoms with E-state index in [0.717, 1.165) is 28.9 Å². The molecule has 25 heavy (non-hydrogen) atoms. The lowest BCUT2D eigenvalue weighted by Crippen LogP contribution is -2.45. The lowest BCUT2D eigenvalue weighted by Gasteiger charge is -2.32. The standard InChI is InChI=1S/C17H21N5O3/c1-11-9-12(2)19-17(18-11)25-13-5-4-8-22(10-13)16(24)14-6-7-15(23)21(3)20-14/h6-7,9,13H,4-5,8,10H2,1-3H3. The first kappa shape index (κ1) is 17.1. The molecule has 1 amide bonds. The van der Waals surface area contributed by atoms with Crippen molar-refractivity contribution in [1.29, 1.82) is 0 Å². The summed E-state index contributed by atoms with van der Waals surface area (Å²) in [7, 11) is 1.53. The molecule has 1 unspecified atom stereocenters. The van der Waals surface area contributed by atoms with Crippen LogP contribution in [-0.4, -0.2) is 49.7 Å². The normalized spacial score (nSPS) is 17.4. The summed E-state index contributed by atoms with van der Waals surface area (Å²) < 4.78 is 7.05. The summed E-state index contributed by atoms with van der Waals surface area (Å²) in [6, 6.07) is 5.04. The number of likely N-dealkylation sites (tertiary alicyclic amines) is 1. The number of hydrogen-bond acceptors (Lipinski definition) is 6. The van der Waals surface area contributed by atoms with Gasteiger partial charge in [-0.05, 0) is 38.8 Å². The number of carbonyl (C=O) groups excluding carboxylic acids is 1. The lowest BCUT2D eigenvalue weighted by atomic mass is 10.1. The molecule has 2 aromatic heterocycles. The molecule has 0 aromatic carbocycles. The van der Waals surface area contributed by atoms with Crippen molar-refractivity contribution in [1.82, 2.24) is 24.6 Å². The molecule has 0 spiro atoms. The van der Waals surface area contributed by atoms with E-state index in [1.165, 1.54) is 19.2 Å². The maximum Gasteiger partial charge on any atom is 0.317 e. The van der Waals surface area contributed by atoms with Gasteiger partial charge in [0.2, 0.25) is 0 Å².